The van der Waals surface area contributed by atoms with Crippen molar-refractivity contribution in [3.8, 4) is 11.5 Å². The first-order valence-corrected chi connectivity index (χ1v) is 8.49. The Morgan fingerprint density at radius 2 is 2.17 bits per heavy atom. The summed E-state index contributed by atoms with van der Waals surface area (Å²) in [6.07, 6.45) is 0.971. The van der Waals surface area contributed by atoms with Crippen LogP contribution in [0.4, 0.5) is 0 Å². The van der Waals surface area contributed by atoms with E-state index in [9.17, 15) is 4.79 Å². The summed E-state index contributed by atoms with van der Waals surface area (Å²) in [5.41, 5.74) is 1.08. The van der Waals surface area contributed by atoms with Crippen LogP contribution in [-0.2, 0) is 11.3 Å². The molecule has 0 unspecified atom stereocenters. The number of ether oxygens (including phenoxy) is 2. The van der Waals surface area contributed by atoms with E-state index in [0.717, 1.165) is 37.4 Å². The molecule has 0 aromatic heterocycles. The fourth-order valence-electron chi connectivity index (χ4n) is 3.25. The minimum absolute atomic E-state index is 0.161. The van der Waals surface area contributed by atoms with E-state index in [1.807, 2.05) is 17.0 Å². The van der Waals surface area contributed by atoms with Gasteiger partial charge in [-0.3, -0.25) is 4.79 Å². The first kappa shape index (κ1) is 16.4. The molecule has 3 rings (SSSR count). The van der Waals surface area contributed by atoms with Crippen LogP contribution in [0.15, 0.2) is 12.1 Å². The molecule has 2 aliphatic rings. The zero-order chi connectivity index (χ0) is 16.4. The number of piperidine rings is 1. The fraction of sp³-hybridized carbons (Fsp3) is 0.588. The average molecular weight is 339 g/mol. The molecular weight excluding hydrogens is 316 g/mol. The molecule has 1 N–H and O–H groups in total. The highest BCUT2D eigenvalue weighted by molar-refractivity contribution is 6.32. The maximum atomic E-state index is 11.5. The molecule has 2 heterocycles. The topological polar surface area (TPSA) is 50.8 Å². The number of carbonyl (C=O) groups excluding carboxylic acids is 1. The van der Waals surface area contributed by atoms with Gasteiger partial charge in [0.25, 0.3) is 0 Å². The summed E-state index contributed by atoms with van der Waals surface area (Å²) in [6.45, 7) is 7.28. The second-order valence-corrected chi connectivity index (χ2v) is 6.73. The van der Waals surface area contributed by atoms with Crippen LogP contribution in [-0.4, -0.2) is 43.2 Å². The Morgan fingerprint density at radius 3 is 2.91 bits per heavy atom. The van der Waals surface area contributed by atoms with E-state index in [-0.39, 0.29) is 5.91 Å². The number of fused-ring (bicyclic) bond motifs is 1. The maximum absolute atomic E-state index is 11.5. The number of hydrogen-bond donors (Lipinski definition) is 1. The third-order valence-electron chi connectivity index (χ3n) is 4.58. The quantitative estimate of drug-likeness (QED) is 0.919. The predicted octanol–water partition coefficient (Wildman–Crippen LogP) is 2.46. The van der Waals surface area contributed by atoms with Gasteiger partial charge in [-0.05, 0) is 30.0 Å². The Kier molecular flexibility index (Phi) is 4.97. The zero-order valence-electron chi connectivity index (χ0n) is 13.6. The summed E-state index contributed by atoms with van der Waals surface area (Å²) in [5.74, 6) is 1.96. The van der Waals surface area contributed by atoms with E-state index in [1.165, 1.54) is 0 Å². The standard InChI is InChI=1S/C17H23ClN2O3/c1-11-10-20(12(2)21)4-3-15(11)19-9-13-7-14(18)17-16(8-13)22-5-6-23-17/h7-8,11,15,19H,3-6,9-10H2,1-2H3/t11-,15-/m1/s1. The lowest BCUT2D eigenvalue weighted by Gasteiger charge is -2.37. The number of likely N-dealkylation sites (tertiary alicyclic amines) is 1. The van der Waals surface area contributed by atoms with Crippen molar-refractivity contribution in [3.63, 3.8) is 0 Å². The van der Waals surface area contributed by atoms with Crippen LogP contribution in [0, 0.1) is 5.92 Å². The second kappa shape index (κ2) is 6.97. The third-order valence-corrected chi connectivity index (χ3v) is 4.86. The van der Waals surface area contributed by atoms with Crippen molar-refractivity contribution in [2.24, 2.45) is 5.92 Å². The number of carbonyl (C=O) groups is 1. The first-order valence-electron chi connectivity index (χ1n) is 8.11. The van der Waals surface area contributed by atoms with Gasteiger partial charge in [-0.25, -0.2) is 0 Å². The van der Waals surface area contributed by atoms with Crippen LogP contribution in [0.5, 0.6) is 11.5 Å². The zero-order valence-corrected chi connectivity index (χ0v) is 14.4. The van der Waals surface area contributed by atoms with E-state index in [1.54, 1.807) is 6.92 Å². The molecule has 1 fully saturated rings. The average Bonchev–Trinajstić information content (AvgIpc) is 2.53. The number of hydrogen-bond acceptors (Lipinski definition) is 4. The number of benzene rings is 1. The molecule has 6 heteroatoms. The van der Waals surface area contributed by atoms with Crippen LogP contribution in [0.1, 0.15) is 25.8 Å². The number of nitrogens with one attached hydrogen (secondary N) is 1. The van der Waals surface area contributed by atoms with Crippen LogP contribution < -0.4 is 14.8 Å². The molecule has 1 aromatic rings. The van der Waals surface area contributed by atoms with Crippen LogP contribution in [0.2, 0.25) is 5.02 Å². The van der Waals surface area contributed by atoms with Crippen LogP contribution in [0.25, 0.3) is 0 Å². The number of amides is 1. The van der Waals surface area contributed by atoms with Crippen LogP contribution in [0.3, 0.4) is 0 Å². The monoisotopic (exact) mass is 338 g/mol. The van der Waals surface area contributed by atoms with E-state index in [4.69, 9.17) is 21.1 Å². The predicted molar refractivity (Wildman–Crippen MR) is 89.1 cm³/mol. The van der Waals surface area contributed by atoms with E-state index >= 15 is 0 Å². The van der Waals surface area contributed by atoms with Crippen molar-refractivity contribution in [2.75, 3.05) is 26.3 Å². The minimum Gasteiger partial charge on any atom is -0.486 e. The molecule has 1 aromatic carbocycles. The van der Waals surface area contributed by atoms with E-state index in [2.05, 4.69) is 12.2 Å². The molecule has 1 saturated heterocycles. The SMILES string of the molecule is CC(=O)N1CC[C@@H](NCc2cc(Cl)c3c(c2)OCCO3)[C@H](C)C1. The highest BCUT2D eigenvalue weighted by atomic mass is 35.5. The van der Waals surface area contributed by atoms with Gasteiger partial charge in [-0.15, -0.1) is 0 Å². The van der Waals surface area contributed by atoms with E-state index in [0.29, 0.717) is 35.9 Å². The van der Waals surface area contributed by atoms with Gasteiger partial charge in [0.15, 0.2) is 11.5 Å². The van der Waals surface area contributed by atoms with Crippen molar-refractivity contribution in [1.82, 2.24) is 10.2 Å². The normalized spacial score (nSPS) is 23.7. The summed E-state index contributed by atoms with van der Waals surface area (Å²) in [6, 6.07) is 4.32. The third kappa shape index (κ3) is 3.72. The lowest BCUT2D eigenvalue weighted by molar-refractivity contribution is -0.130. The van der Waals surface area contributed by atoms with Gasteiger partial charge < -0.3 is 19.7 Å². The van der Waals surface area contributed by atoms with Crippen molar-refractivity contribution in [1.29, 1.82) is 0 Å². The molecule has 23 heavy (non-hydrogen) atoms. The van der Waals surface area contributed by atoms with Gasteiger partial charge in [0, 0.05) is 32.6 Å². The number of nitrogens with zero attached hydrogens (tertiary/aromatic N) is 1. The Bertz CT molecular complexity index is 593. The molecule has 0 spiro atoms. The van der Waals surface area contributed by atoms with Gasteiger partial charge in [0.1, 0.15) is 13.2 Å². The van der Waals surface area contributed by atoms with E-state index < -0.39 is 0 Å². The van der Waals surface area contributed by atoms with Crippen molar-refractivity contribution < 1.29 is 14.3 Å². The Labute approximate surface area is 141 Å². The van der Waals surface area contributed by atoms with Crippen LogP contribution >= 0.6 is 11.6 Å². The molecule has 0 aliphatic carbocycles. The summed E-state index contributed by atoms with van der Waals surface area (Å²) < 4.78 is 11.2. The first-order chi connectivity index (χ1) is 11.0. The van der Waals surface area contributed by atoms with Gasteiger partial charge in [-0.2, -0.15) is 0 Å². The fourth-order valence-corrected chi connectivity index (χ4v) is 3.54. The largest absolute Gasteiger partial charge is 0.486 e. The van der Waals surface area contributed by atoms with Gasteiger partial charge in [0.2, 0.25) is 5.91 Å². The van der Waals surface area contributed by atoms with Gasteiger partial charge >= 0.3 is 0 Å². The Hall–Kier alpha value is -1.46. The summed E-state index contributed by atoms with van der Waals surface area (Å²) in [5, 5.41) is 4.18. The number of rotatable bonds is 3. The molecular formula is C17H23ClN2O3. The molecule has 126 valence electrons. The second-order valence-electron chi connectivity index (χ2n) is 6.32. The lowest BCUT2D eigenvalue weighted by Crippen LogP contribution is -2.49. The van der Waals surface area contributed by atoms with Crippen molar-refractivity contribution in [2.45, 2.75) is 32.9 Å². The Morgan fingerprint density at radius 1 is 1.39 bits per heavy atom. The molecule has 0 saturated carbocycles. The van der Waals surface area contributed by atoms with Gasteiger partial charge in [-0.1, -0.05) is 18.5 Å². The van der Waals surface area contributed by atoms with Gasteiger partial charge in [0.05, 0.1) is 5.02 Å². The Balaban J connectivity index is 1.60. The molecule has 2 aliphatic heterocycles. The molecule has 0 radical (unpaired) electrons. The summed E-state index contributed by atoms with van der Waals surface area (Å²) in [4.78, 5) is 13.4. The molecule has 5 nitrogen and oxygen atoms in total. The summed E-state index contributed by atoms with van der Waals surface area (Å²) in [7, 11) is 0. The molecule has 0 bridgehead atoms. The van der Waals surface area contributed by atoms with Crippen molar-refractivity contribution in [3.05, 3.63) is 22.7 Å². The molecule has 2 atom stereocenters. The smallest absolute Gasteiger partial charge is 0.219 e. The molecule has 1 amide bonds. The maximum Gasteiger partial charge on any atom is 0.219 e. The summed E-state index contributed by atoms with van der Waals surface area (Å²) >= 11 is 6.27. The highest BCUT2D eigenvalue weighted by Gasteiger charge is 2.27. The lowest BCUT2D eigenvalue weighted by atomic mass is 9.93. The van der Waals surface area contributed by atoms with Crippen molar-refractivity contribution >= 4 is 17.5 Å². The highest BCUT2D eigenvalue weighted by Crippen LogP contribution is 2.38. The minimum atomic E-state index is 0.161. The number of halogens is 1.